The van der Waals surface area contributed by atoms with Crippen molar-refractivity contribution in [3.8, 4) is 0 Å². The third kappa shape index (κ3) is 2.84. The van der Waals surface area contributed by atoms with Crippen LogP contribution in [0, 0.1) is 0 Å². The number of amidine groups is 1. The van der Waals surface area contributed by atoms with Crippen LogP contribution in [0.2, 0.25) is 0 Å². The highest BCUT2D eigenvalue weighted by atomic mass is 16.4. The fourth-order valence-electron chi connectivity index (χ4n) is 1.97. The number of nitrogens with one attached hydrogen (secondary N) is 2. The lowest BCUT2D eigenvalue weighted by Crippen LogP contribution is -2.83. The molecule has 1 heterocycles. The molecule has 4 heteroatoms. The molecule has 2 N–H and O–H groups in total. The molecular weight excluding hydrogens is 216 g/mol. The van der Waals surface area contributed by atoms with E-state index in [1.807, 2.05) is 18.2 Å². The van der Waals surface area contributed by atoms with Gasteiger partial charge in [0, 0.05) is 6.42 Å². The van der Waals surface area contributed by atoms with E-state index in [0.29, 0.717) is 0 Å². The van der Waals surface area contributed by atoms with E-state index in [1.165, 1.54) is 5.56 Å². The van der Waals surface area contributed by atoms with Crippen LogP contribution in [-0.4, -0.2) is 17.8 Å². The van der Waals surface area contributed by atoms with E-state index in [1.54, 1.807) is 6.92 Å². The zero-order valence-corrected chi connectivity index (χ0v) is 9.82. The Kier molecular flexibility index (Phi) is 3.42. The first kappa shape index (κ1) is 11.6. The number of fused-ring (bicyclic) bond motifs is 1. The molecule has 0 unspecified atom stereocenters. The Bertz CT molecular complexity index is 454. The fraction of sp³-hybridized carbons (Fsp3) is 0.385. The second-order valence-electron chi connectivity index (χ2n) is 4.30. The van der Waals surface area contributed by atoms with Gasteiger partial charge in [0.05, 0.1) is 5.97 Å². The Balaban J connectivity index is 2.21. The normalized spacial score (nSPS) is 19.0. The van der Waals surface area contributed by atoms with E-state index in [2.05, 4.69) is 16.4 Å². The van der Waals surface area contributed by atoms with Gasteiger partial charge in [-0.3, -0.25) is 4.99 Å². The summed E-state index contributed by atoms with van der Waals surface area (Å²) in [5.41, 5.74) is 2.32. The number of carbonyl (C=O) groups is 1. The highest BCUT2D eigenvalue weighted by Gasteiger charge is 2.17. The van der Waals surface area contributed by atoms with Gasteiger partial charge in [-0.15, -0.1) is 0 Å². The number of hydrogen-bond acceptors (Lipinski definition) is 2. The van der Waals surface area contributed by atoms with Crippen molar-refractivity contribution < 1.29 is 14.9 Å². The summed E-state index contributed by atoms with van der Waals surface area (Å²) in [4.78, 5) is 13.6. The number of anilines is 1. The van der Waals surface area contributed by atoms with Crippen LogP contribution in [0.5, 0.6) is 0 Å². The van der Waals surface area contributed by atoms with E-state index in [-0.39, 0.29) is 0 Å². The molecule has 17 heavy (non-hydrogen) atoms. The zero-order chi connectivity index (χ0) is 12.3. The first-order chi connectivity index (χ1) is 8.16. The van der Waals surface area contributed by atoms with Crippen LogP contribution < -0.4 is 15.4 Å². The Hall–Kier alpha value is -1.84. The highest BCUT2D eigenvalue weighted by Crippen LogP contribution is 2.20. The quantitative estimate of drug-likeness (QED) is 0.691. The number of carboxylic acid groups (broad SMARTS) is 1. The molecule has 0 aromatic heterocycles. The summed E-state index contributed by atoms with van der Waals surface area (Å²) < 4.78 is 0. The topological polar surface area (TPSA) is 66.1 Å². The molecule has 1 aromatic rings. The van der Waals surface area contributed by atoms with Gasteiger partial charge in [0.2, 0.25) is 5.84 Å². The maximum absolute atomic E-state index is 10.7. The lowest BCUT2D eigenvalue weighted by atomic mass is 10.1. The van der Waals surface area contributed by atoms with Gasteiger partial charge < -0.3 is 9.90 Å². The van der Waals surface area contributed by atoms with E-state index in [9.17, 15) is 9.90 Å². The van der Waals surface area contributed by atoms with Crippen molar-refractivity contribution in [1.82, 2.24) is 0 Å². The van der Waals surface area contributed by atoms with Gasteiger partial charge in [0.15, 0.2) is 0 Å². The number of rotatable bonds is 2. The molecule has 0 spiro atoms. The molecule has 1 aromatic carbocycles. The number of aliphatic carboxylic acids is 1. The van der Waals surface area contributed by atoms with Crippen molar-refractivity contribution >= 4 is 17.5 Å². The molecule has 0 radical (unpaired) electrons. The van der Waals surface area contributed by atoms with E-state index < -0.39 is 12.0 Å². The summed E-state index contributed by atoms with van der Waals surface area (Å²) in [6, 6.07) is 7.40. The van der Waals surface area contributed by atoms with Crippen LogP contribution in [0.3, 0.4) is 0 Å². The third-order valence-corrected chi connectivity index (χ3v) is 2.92. The predicted octanol–water partition coefficient (Wildman–Crippen LogP) is -0.948. The van der Waals surface area contributed by atoms with Crippen molar-refractivity contribution in [1.29, 1.82) is 0 Å². The second kappa shape index (κ2) is 4.99. The lowest BCUT2D eigenvalue weighted by Gasteiger charge is -2.07. The number of aryl methyl sites for hydroxylation is 1. The monoisotopic (exact) mass is 232 g/mol. The van der Waals surface area contributed by atoms with Crippen LogP contribution in [0.25, 0.3) is 0 Å². The lowest BCUT2D eigenvalue weighted by molar-refractivity contribution is -0.503. The highest BCUT2D eigenvalue weighted by molar-refractivity contribution is 5.93. The van der Waals surface area contributed by atoms with E-state index >= 15 is 0 Å². The van der Waals surface area contributed by atoms with Crippen LogP contribution in [-0.2, 0) is 11.2 Å². The molecular formula is C13H16N2O2. The molecule has 0 bridgehead atoms. The average molecular weight is 232 g/mol. The number of carbonyl (C=O) groups excluding carboxylic acids is 1. The van der Waals surface area contributed by atoms with Crippen LogP contribution in [0.4, 0.5) is 5.69 Å². The first-order valence-corrected chi connectivity index (χ1v) is 5.85. The number of carboxylic acids is 1. The van der Waals surface area contributed by atoms with Crippen molar-refractivity contribution in [2.24, 2.45) is 0 Å². The molecule has 0 saturated heterocycles. The zero-order valence-electron chi connectivity index (χ0n) is 9.82. The number of para-hydroxylation sites is 1. The van der Waals surface area contributed by atoms with Gasteiger partial charge in [-0.2, -0.15) is 0 Å². The molecule has 90 valence electrons. The minimum Gasteiger partial charge on any atom is -0.546 e. The van der Waals surface area contributed by atoms with E-state index in [0.717, 1.165) is 30.8 Å². The van der Waals surface area contributed by atoms with Crippen LogP contribution in [0.1, 0.15) is 25.3 Å². The first-order valence-electron chi connectivity index (χ1n) is 5.85. The Morgan fingerprint density at radius 1 is 1.41 bits per heavy atom. The minimum atomic E-state index is -1.09. The van der Waals surface area contributed by atoms with Crippen molar-refractivity contribution in [2.75, 3.05) is 5.32 Å². The van der Waals surface area contributed by atoms with Crippen molar-refractivity contribution in [2.45, 2.75) is 32.2 Å². The second-order valence-corrected chi connectivity index (χ2v) is 4.30. The number of hydrogen-bond donors (Lipinski definition) is 2. The number of benzene rings is 1. The largest absolute Gasteiger partial charge is 0.546 e. The maximum Gasteiger partial charge on any atom is 0.248 e. The third-order valence-electron chi connectivity index (χ3n) is 2.92. The van der Waals surface area contributed by atoms with Crippen LogP contribution >= 0.6 is 0 Å². The standard InChI is InChI=1S/C13H16N2O2/c1-9(13(16)17)14-12-8-4-6-10-5-2-3-7-11(10)15-12/h2-3,5,7,9H,4,6,8H2,1H3,(H,14,15)(H,16,17)/t9-/m0/s1. The summed E-state index contributed by atoms with van der Waals surface area (Å²) >= 11 is 0. The molecule has 0 aliphatic carbocycles. The van der Waals surface area contributed by atoms with Gasteiger partial charge >= 0.3 is 0 Å². The molecule has 1 atom stereocenters. The Morgan fingerprint density at radius 3 is 2.94 bits per heavy atom. The molecule has 0 amide bonds. The fourth-order valence-corrected chi connectivity index (χ4v) is 1.97. The SMILES string of the molecule is C[C@H]([NH+]=C1CCCc2ccccc2N1)C(=O)[O-]. The summed E-state index contributed by atoms with van der Waals surface area (Å²) in [5.74, 6) is -0.233. The van der Waals surface area contributed by atoms with Crippen LogP contribution in [0.15, 0.2) is 24.3 Å². The van der Waals surface area contributed by atoms with Crippen molar-refractivity contribution in [3.63, 3.8) is 0 Å². The predicted molar refractivity (Wildman–Crippen MR) is 63.4 cm³/mol. The Morgan fingerprint density at radius 2 is 2.18 bits per heavy atom. The van der Waals surface area contributed by atoms with Gasteiger partial charge in [0.1, 0.15) is 11.7 Å². The van der Waals surface area contributed by atoms with Gasteiger partial charge in [-0.25, -0.2) is 5.32 Å². The molecule has 4 nitrogen and oxygen atoms in total. The smallest absolute Gasteiger partial charge is 0.248 e. The van der Waals surface area contributed by atoms with E-state index in [4.69, 9.17) is 0 Å². The summed E-state index contributed by atoms with van der Waals surface area (Å²) in [6.07, 6.45) is 2.84. The molecule has 0 fully saturated rings. The van der Waals surface area contributed by atoms with Gasteiger partial charge in [-0.1, -0.05) is 18.2 Å². The summed E-state index contributed by atoms with van der Waals surface area (Å²) in [6.45, 7) is 1.58. The summed E-state index contributed by atoms with van der Waals surface area (Å²) in [7, 11) is 0. The molecule has 2 rings (SSSR count). The molecule has 1 aliphatic heterocycles. The summed E-state index contributed by atoms with van der Waals surface area (Å²) in [5, 5.41) is 13.9. The Labute approximate surface area is 100 Å². The minimum absolute atomic E-state index is 0.678. The van der Waals surface area contributed by atoms with Crippen molar-refractivity contribution in [3.05, 3.63) is 29.8 Å². The molecule has 0 saturated carbocycles. The molecule has 1 aliphatic rings. The average Bonchev–Trinajstić information content (AvgIpc) is 2.50. The maximum atomic E-state index is 10.7. The van der Waals surface area contributed by atoms with Gasteiger partial charge in [0.25, 0.3) is 0 Å². The van der Waals surface area contributed by atoms with Gasteiger partial charge in [-0.05, 0) is 31.4 Å².